The number of aliphatic hydroxyl groups is 1. The molecule has 1 aromatic heterocycles. The van der Waals surface area contributed by atoms with E-state index in [0.717, 1.165) is 24.4 Å². The van der Waals surface area contributed by atoms with Crippen LogP contribution in [0.1, 0.15) is 49.9 Å². The molecule has 1 saturated heterocycles. The molecular weight excluding hydrogens is 497 g/mol. The molecule has 0 bridgehead atoms. The van der Waals surface area contributed by atoms with Crippen LogP contribution in [0.15, 0.2) is 30.6 Å². The highest BCUT2D eigenvalue weighted by molar-refractivity contribution is 6.30. The van der Waals surface area contributed by atoms with Gasteiger partial charge in [0.15, 0.2) is 5.60 Å². The Morgan fingerprint density at radius 2 is 1.82 bits per heavy atom. The van der Waals surface area contributed by atoms with Crippen LogP contribution in [0, 0.1) is 0 Å². The third-order valence-electron chi connectivity index (χ3n) is 6.56. The van der Waals surface area contributed by atoms with Crippen molar-refractivity contribution in [3.63, 3.8) is 0 Å². The first-order chi connectivity index (χ1) is 15.3. The quantitative estimate of drug-likeness (QED) is 0.594. The Kier molecular flexibility index (Phi) is 9.98. The number of aromatic nitrogens is 2. The number of anilines is 1. The molecule has 2 atom stereocenters. The minimum Gasteiger partial charge on any atom is -0.374 e. The van der Waals surface area contributed by atoms with Gasteiger partial charge in [0.25, 0.3) is 5.91 Å². The Labute approximate surface area is 219 Å². The maximum Gasteiger partial charge on any atom is 0.260 e. The predicted molar refractivity (Wildman–Crippen MR) is 141 cm³/mol. The highest BCUT2D eigenvalue weighted by atomic mass is 35.5. The second kappa shape index (κ2) is 11.9. The summed E-state index contributed by atoms with van der Waals surface area (Å²) in [6.07, 6.45) is 3.76. The number of amides is 1. The molecule has 2 aromatic rings. The molecule has 1 aromatic carbocycles. The number of nitrogens with one attached hydrogen (secondary N) is 1. The molecular formula is C24H34Cl3N5O2. The first kappa shape index (κ1) is 28.6. The van der Waals surface area contributed by atoms with Crippen molar-refractivity contribution in [1.29, 1.82) is 0 Å². The van der Waals surface area contributed by atoms with Crippen molar-refractivity contribution in [2.45, 2.75) is 51.2 Å². The molecule has 10 heteroatoms. The average molecular weight is 531 g/mol. The van der Waals surface area contributed by atoms with Crippen LogP contribution in [0.3, 0.4) is 0 Å². The first-order valence-electron chi connectivity index (χ1n) is 11.4. The van der Waals surface area contributed by atoms with Crippen molar-refractivity contribution in [2.75, 3.05) is 37.6 Å². The van der Waals surface area contributed by atoms with Gasteiger partial charge in [-0.05, 0) is 36.5 Å². The normalized spacial score (nSPS) is 19.2. The number of carbonyl (C=O) groups excluding carboxylic acids is 1. The van der Waals surface area contributed by atoms with E-state index in [2.05, 4.69) is 27.1 Å². The van der Waals surface area contributed by atoms with Crippen LogP contribution in [-0.2, 0) is 16.8 Å². The van der Waals surface area contributed by atoms with Crippen LogP contribution in [-0.4, -0.2) is 64.6 Å². The predicted octanol–water partition coefficient (Wildman–Crippen LogP) is 3.56. The molecule has 2 heterocycles. The molecule has 0 saturated carbocycles. The maximum atomic E-state index is 13.6. The summed E-state index contributed by atoms with van der Waals surface area (Å²) in [6, 6.07) is 7.01. The molecule has 0 spiro atoms. The lowest BCUT2D eigenvalue weighted by Crippen LogP contribution is -2.58. The molecule has 1 amide bonds. The minimum absolute atomic E-state index is 0. The SMILES string of the molecule is CC(C)NC[C@](O)(C(=O)N1CCN(c2ncnc3c2[C@H](C)CC3)CC1)c1ccc(Cl)cc1.Cl.Cl. The molecule has 1 aliphatic heterocycles. The summed E-state index contributed by atoms with van der Waals surface area (Å²) in [5, 5.41) is 15.4. The van der Waals surface area contributed by atoms with Gasteiger partial charge in [0.1, 0.15) is 12.1 Å². The van der Waals surface area contributed by atoms with Gasteiger partial charge in [-0.3, -0.25) is 4.79 Å². The van der Waals surface area contributed by atoms with E-state index in [0.29, 0.717) is 42.7 Å². The van der Waals surface area contributed by atoms with Crippen LogP contribution in [0.25, 0.3) is 0 Å². The van der Waals surface area contributed by atoms with Gasteiger partial charge in [0.05, 0.1) is 0 Å². The zero-order valence-electron chi connectivity index (χ0n) is 19.8. The van der Waals surface area contributed by atoms with Gasteiger partial charge in [-0.1, -0.05) is 44.5 Å². The molecule has 1 fully saturated rings. The zero-order chi connectivity index (χ0) is 22.9. The molecule has 0 radical (unpaired) electrons. The Hall–Kier alpha value is -1.64. The second-order valence-corrected chi connectivity index (χ2v) is 9.62. The van der Waals surface area contributed by atoms with E-state index in [1.54, 1.807) is 35.5 Å². The van der Waals surface area contributed by atoms with Gasteiger partial charge in [0, 0.05) is 55.0 Å². The smallest absolute Gasteiger partial charge is 0.260 e. The summed E-state index contributed by atoms with van der Waals surface area (Å²) in [4.78, 5) is 26.6. The van der Waals surface area contributed by atoms with Gasteiger partial charge in [-0.15, -0.1) is 24.8 Å². The Bertz CT molecular complexity index is 968. The molecule has 2 aliphatic rings. The minimum atomic E-state index is -1.65. The molecule has 188 valence electrons. The van der Waals surface area contributed by atoms with Crippen molar-refractivity contribution >= 4 is 48.1 Å². The number of hydrogen-bond donors (Lipinski definition) is 2. The van der Waals surface area contributed by atoms with Crippen molar-refractivity contribution in [3.05, 3.63) is 52.4 Å². The van der Waals surface area contributed by atoms with Crippen LogP contribution in [0.4, 0.5) is 5.82 Å². The molecule has 0 unspecified atom stereocenters. The molecule has 1 aliphatic carbocycles. The fraction of sp³-hybridized carbons (Fsp3) is 0.542. The van der Waals surface area contributed by atoms with Gasteiger partial charge in [-0.25, -0.2) is 9.97 Å². The van der Waals surface area contributed by atoms with E-state index in [1.165, 1.54) is 5.56 Å². The van der Waals surface area contributed by atoms with Crippen LogP contribution in [0.2, 0.25) is 5.02 Å². The zero-order valence-corrected chi connectivity index (χ0v) is 22.2. The standard InChI is InChI=1S/C24H32ClN5O2.2ClH/c1-16(2)26-14-24(32,18-5-7-19(25)8-6-18)23(31)30-12-10-29(11-13-30)22-21-17(3)4-9-20(21)27-15-28-22;;/h5-8,15-17,26,32H,4,9-14H2,1-3H3;2*1H/t17-,24-;;/m1../s1. The summed E-state index contributed by atoms with van der Waals surface area (Å²) in [6.45, 7) is 8.77. The van der Waals surface area contributed by atoms with Gasteiger partial charge in [0.2, 0.25) is 0 Å². The number of nitrogens with zero attached hydrogens (tertiary/aromatic N) is 4. The van der Waals surface area contributed by atoms with E-state index in [9.17, 15) is 9.90 Å². The fourth-order valence-electron chi connectivity index (χ4n) is 4.64. The maximum absolute atomic E-state index is 13.6. The van der Waals surface area contributed by atoms with Crippen LogP contribution < -0.4 is 10.2 Å². The Balaban J connectivity index is 0.00000204. The molecule has 4 rings (SSSR count). The lowest BCUT2D eigenvalue weighted by Gasteiger charge is -2.40. The summed E-state index contributed by atoms with van der Waals surface area (Å²) in [5.74, 6) is 1.17. The van der Waals surface area contributed by atoms with Crippen molar-refractivity contribution in [2.24, 2.45) is 0 Å². The summed E-state index contributed by atoms with van der Waals surface area (Å²) < 4.78 is 0. The summed E-state index contributed by atoms with van der Waals surface area (Å²) in [5.41, 5.74) is 1.30. The largest absolute Gasteiger partial charge is 0.374 e. The Morgan fingerprint density at radius 3 is 2.44 bits per heavy atom. The monoisotopic (exact) mass is 529 g/mol. The number of fused-ring (bicyclic) bond motifs is 1. The fourth-order valence-corrected chi connectivity index (χ4v) is 4.76. The third kappa shape index (κ3) is 5.77. The van der Waals surface area contributed by atoms with Crippen LogP contribution in [0.5, 0.6) is 0 Å². The molecule has 34 heavy (non-hydrogen) atoms. The van der Waals surface area contributed by atoms with Crippen molar-refractivity contribution in [1.82, 2.24) is 20.2 Å². The number of halogens is 3. The molecule has 2 N–H and O–H groups in total. The van der Waals surface area contributed by atoms with E-state index in [-0.39, 0.29) is 43.3 Å². The average Bonchev–Trinajstić information content (AvgIpc) is 3.18. The number of hydrogen-bond acceptors (Lipinski definition) is 6. The lowest BCUT2D eigenvalue weighted by molar-refractivity contribution is -0.152. The van der Waals surface area contributed by atoms with Crippen LogP contribution >= 0.6 is 36.4 Å². The van der Waals surface area contributed by atoms with E-state index in [4.69, 9.17) is 11.6 Å². The third-order valence-corrected chi connectivity index (χ3v) is 6.81. The highest BCUT2D eigenvalue weighted by Crippen LogP contribution is 2.37. The Morgan fingerprint density at radius 1 is 1.18 bits per heavy atom. The number of rotatable bonds is 6. The number of piperazine rings is 1. The van der Waals surface area contributed by atoms with E-state index < -0.39 is 5.60 Å². The number of carbonyl (C=O) groups is 1. The van der Waals surface area contributed by atoms with E-state index in [1.807, 2.05) is 13.8 Å². The summed E-state index contributed by atoms with van der Waals surface area (Å²) in [7, 11) is 0. The lowest BCUT2D eigenvalue weighted by atomic mass is 9.91. The summed E-state index contributed by atoms with van der Waals surface area (Å²) >= 11 is 6.03. The van der Waals surface area contributed by atoms with E-state index >= 15 is 0 Å². The first-order valence-corrected chi connectivity index (χ1v) is 11.8. The van der Waals surface area contributed by atoms with Crippen molar-refractivity contribution < 1.29 is 9.90 Å². The second-order valence-electron chi connectivity index (χ2n) is 9.18. The topological polar surface area (TPSA) is 81.6 Å². The van der Waals surface area contributed by atoms with Gasteiger partial charge in [-0.2, -0.15) is 0 Å². The van der Waals surface area contributed by atoms with Gasteiger partial charge < -0.3 is 20.2 Å². The van der Waals surface area contributed by atoms with Crippen molar-refractivity contribution in [3.8, 4) is 0 Å². The number of aryl methyl sites for hydroxylation is 1. The number of benzene rings is 1. The highest BCUT2D eigenvalue weighted by Gasteiger charge is 2.42. The van der Waals surface area contributed by atoms with Gasteiger partial charge >= 0.3 is 0 Å². The molecule has 7 nitrogen and oxygen atoms in total.